The van der Waals surface area contributed by atoms with Crippen molar-refractivity contribution >= 4 is 53.3 Å². The summed E-state index contributed by atoms with van der Waals surface area (Å²) in [6.07, 6.45) is 1.83. The van der Waals surface area contributed by atoms with Gasteiger partial charge < -0.3 is 0 Å². The van der Waals surface area contributed by atoms with Crippen LogP contribution in [0.3, 0.4) is 0 Å². The molecule has 2 aromatic heterocycles. The van der Waals surface area contributed by atoms with Crippen molar-refractivity contribution in [1.29, 1.82) is 0 Å². The molecule has 0 atom stereocenters. The number of rotatable bonds is 3. The van der Waals surface area contributed by atoms with Crippen LogP contribution in [0.4, 0.5) is 0 Å². The van der Waals surface area contributed by atoms with Gasteiger partial charge in [0.1, 0.15) is 10.7 Å². The minimum Gasteiger partial charge on any atom is -0.290 e. The summed E-state index contributed by atoms with van der Waals surface area (Å²) in [6, 6.07) is 48.1. The molecule has 48 heavy (non-hydrogen) atoms. The number of imidazole rings is 1. The average Bonchev–Trinajstić information content (AvgIpc) is 3.53. The third kappa shape index (κ3) is 3.63. The molecule has 6 heteroatoms. The number of fused-ring (bicyclic) bond motifs is 5. The van der Waals surface area contributed by atoms with Gasteiger partial charge in [0.05, 0.1) is 27.1 Å². The van der Waals surface area contributed by atoms with Crippen molar-refractivity contribution in [3.05, 3.63) is 152 Å². The molecule has 7 aromatic carbocycles. The lowest BCUT2D eigenvalue weighted by Crippen LogP contribution is -2.16. The van der Waals surface area contributed by atoms with Crippen molar-refractivity contribution in [3.63, 3.8) is 0 Å². The maximum Gasteiger partial charge on any atom is 0.211 e. The number of aromatic nitrogens is 3. The van der Waals surface area contributed by atoms with Gasteiger partial charge in [0.2, 0.25) is 9.84 Å². The maximum absolute atomic E-state index is 14.9. The lowest BCUT2D eigenvalue weighted by molar-refractivity contribution is 0.595. The zero-order chi connectivity index (χ0) is 32.0. The molecule has 0 saturated carbocycles. The van der Waals surface area contributed by atoms with Crippen molar-refractivity contribution in [2.24, 2.45) is 0 Å². The monoisotopic (exact) mass is 635 g/mol. The van der Waals surface area contributed by atoms with Gasteiger partial charge in [-0.05, 0) is 56.9 Å². The van der Waals surface area contributed by atoms with E-state index in [0.717, 1.165) is 54.7 Å². The number of sulfone groups is 1. The predicted octanol–water partition coefficient (Wildman–Crippen LogP) is 10.0. The van der Waals surface area contributed by atoms with E-state index in [1.807, 2.05) is 95.7 Å². The molecule has 9 aromatic rings. The third-order valence-corrected chi connectivity index (χ3v) is 11.4. The van der Waals surface area contributed by atoms with Crippen molar-refractivity contribution in [2.45, 2.75) is 9.79 Å². The fraction of sp³-hybridized carbons (Fsp3) is 0. The van der Waals surface area contributed by atoms with Crippen LogP contribution in [0.15, 0.2) is 162 Å². The molecular weight excluding hydrogens is 611 g/mol. The van der Waals surface area contributed by atoms with Crippen LogP contribution in [0.1, 0.15) is 0 Å². The molecule has 0 radical (unpaired) electrons. The van der Waals surface area contributed by atoms with Gasteiger partial charge in [-0.1, -0.05) is 121 Å². The van der Waals surface area contributed by atoms with Crippen molar-refractivity contribution in [1.82, 2.24) is 14.5 Å². The van der Waals surface area contributed by atoms with Gasteiger partial charge in [0.15, 0.2) is 0 Å². The first-order valence-electron chi connectivity index (χ1n) is 15.8. The highest BCUT2D eigenvalue weighted by Gasteiger charge is 2.36. The van der Waals surface area contributed by atoms with E-state index in [0.29, 0.717) is 28.1 Å². The van der Waals surface area contributed by atoms with Gasteiger partial charge in [-0.15, -0.1) is 0 Å². The van der Waals surface area contributed by atoms with Crippen molar-refractivity contribution in [2.75, 3.05) is 0 Å². The molecule has 10 rings (SSSR count). The highest BCUT2D eigenvalue weighted by Crippen LogP contribution is 2.50. The number of hydrogen-bond donors (Lipinski definition) is 0. The van der Waals surface area contributed by atoms with E-state index >= 15 is 0 Å². The molecule has 0 amide bonds. The Morgan fingerprint density at radius 2 is 1.15 bits per heavy atom. The summed E-state index contributed by atoms with van der Waals surface area (Å²) in [5.41, 5.74) is 7.36. The minimum atomic E-state index is -3.95. The SMILES string of the molecule is O=S1(=O)c2c(-c3c4ccccc4c(-c4cccc5cccnc45)c4ccccc34)cccc2-n2c(-c3ccccc3)nc3cccc1c32. The number of para-hydroxylation sites is 2. The van der Waals surface area contributed by atoms with Crippen LogP contribution in [0.25, 0.3) is 82.8 Å². The Labute approximate surface area is 276 Å². The fourth-order valence-electron chi connectivity index (χ4n) is 7.63. The van der Waals surface area contributed by atoms with Gasteiger partial charge in [0.25, 0.3) is 0 Å². The fourth-order valence-corrected chi connectivity index (χ4v) is 9.46. The van der Waals surface area contributed by atoms with Gasteiger partial charge in [0, 0.05) is 28.3 Å². The predicted molar refractivity (Wildman–Crippen MR) is 193 cm³/mol. The van der Waals surface area contributed by atoms with E-state index in [9.17, 15) is 8.42 Å². The third-order valence-electron chi connectivity index (χ3n) is 9.57. The number of benzene rings is 7. The molecule has 0 fully saturated rings. The Kier molecular flexibility index (Phi) is 5.60. The number of nitrogens with zero attached hydrogens (tertiary/aromatic N) is 3. The molecule has 0 unspecified atom stereocenters. The first kappa shape index (κ1) is 27.0. The normalized spacial score (nSPS) is 13.3. The lowest BCUT2D eigenvalue weighted by atomic mass is 9.85. The van der Waals surface area contributed by atoms with E-state index in [1.165, 1.54) is 0 Å². The molecule has 0 aliphatic carbocycles. The van der Waals surface area contributed by atoms with Crippen LogP contribution in [0, 0.1) is 0 Å². The second-order valence-corrected chi connectivity index (χ2v) is 14.0. The smallest absolute Gasteiger partial charge is 0.211 e. The zero-order valence-corrected chi connectivity index (χ0v) is 26.3. The summed E-state index contributed by atoms with van der Waals surface area (Å²) in [4.78, 5) is 10.3. The molecule has 1 aliphatic rings. The molecule has 0 spiro atoms. The highest BCUT2D eigenvalue weighted by molar-refractivity contribution is 7.92. The van der Waals surface area contributed by atoms with Gasteiger partial charge in [-0.25, -0.2) is 13.4 Å². The Hall–Kier alpha value is -6.11. The quantitative estimate of drug-likeness (QED) is 0.181. The van der Waals surface area contributed by atoms with E-state index in [-0.39, 0.29) is 9.79 Å². The van der Waals surface area contributed by atoms with Crippen LogP contribution < -0.4 is 0 Å². The Morgan fingerprint density at radius 3 is 1.88 bits per heavy atom. The summed E-state index contributed by atoms with van der Waals surface area (Å²) >= 11 is 0. The first-order valence-corrected chi connectivity index (χ1v) is 17.3. The summed E-state index contributed by atoms with van der Waals surface area (Å²) < 4.78 is 31.8. The van der Waals surface area contributed by atoms with E-state index < -0.39 is 9.84 Å². The topological polar surface area (TPSA) is 64.8 Å². The first-order chi connectivity index (χ1) is 23.6. The van der Waals surface area contributed by atoms with Crippen LogP contribution >= 0.6 is 0 Å². The number of pyridine rings is 1. The molecule has 3 heterocycles. The zero-order valence-electron chi connectivity index (χ0n) is 25.5. The average molecular weight is 636 g/mol. The summed E-state index contributed by atoms with van der Waals surface area (Å²) in [5, 5.41) is 5.08. The molecular formula is C42H25N3O2S. The Balaban J connectivity index is 1.36. The van der Waals surface area contributed by atoms with Crippen LogP contribution in [-0.2, 0) is 9.84 Å². The van der Waals surface area contributed by atoms with Gasteiger partial charge in [-0.3, -0.25) is 9.55 Å². The second kappa shape index (κ2) is 9.94. The molecule has 226 valence electrons. The second-order valence-electron chi connectivity index (χ2n) is 12.1. The lowest BCUT2D eigenvalue weighted by Gasteiger charge is -2.25. The van der Waals surface area contributed by atoms with Gasteiger partial charge in [-0.2, -0.15) is 0 Å². The van der Waals surface area contributed by atoms with Crippen molar-refractivity contribution in [3.8, 4) is 39.3 Å². The summed E-state index contributed by atoms with van der Waals surface area (Å²) in [6.45, 7) is 0. The van der Waals surface area contributed by atoms with E-state index in [4.69, 9.17) is 9.97 Å². The highest BCUT2D eigenvalue weighted by atomic mass is 32.2. The molecule has 1 aliphatic heterocycles. The molecule has 0 N–H and O–H groups in total. The van der Waals surface area contributed by atoms with Crippen LogP contribution in [0.2, 0.25) is 0 Å². The standard InChI is InChI=1S/C42H25N3O2S/c46-48(47)36-24-10-22-34-40(36)45(42(44-34)27-12-2-1-3-13-27)35-23-9-21-33(41(35)48)38-30-18-6-4-16-28(30)37(29-17-5-7-19-31(29)38)32-20-8-14-26-15-11-25-43-39(26)32/h1-25H. The van der Waals surface area contributed by atoms with E-state index in [1.54, 1.807) is 12.1 Å². The Bertz CT molecular complexity index is 2850. The van der Waals surface area contributed by atoms with E-state index in [2.05, 4.69) is 48.5 Å². The largest absolute Gasteiger partial charge is 0.290 e. The maximum atomic E-state index is 14.9. The van der Waals surface area contributed by atoms with Gasteiger partial charge >= 0.3 is 0 Å². The van der Waals surface area contributed by atoms with Crippen LogP contribution in [0.5, 0.6) is 0 Å². The van der Waals surface area contributed by atoms with Crippen molar-refractivity contribution < 1.29 is 8.42 Å². The molecule has 5 nitrogen and oxygen atoms in total. The molecule has 0 saturated heterocycles. The van der Waals surface area contributed by atoms with Crippen LogP contribution in [-0.4, -0.2) is 23.0 Å². The Morgan fingerprint density at radius 1 is 0.542 bits per heavy atom. The minimum absolute atomic E-state index is 0.265. The number of hydrogen-bond acceptors (Lipinski definition) is 4. The summed E-state index contributed by atoms with van der Waals surface area (Å²) in [7, 11) is -3.95. The summed E-state index contributed by atoms with van der Waals surface area (Å²) in [5.74, 6) is 0.708. The molecule has 0 bridgehead atoms.